The van der Waals surface area contributed by atoms with Gasteiger partial charge < -0.3 is 14.9 Å². The molecule has 0 saturated heterocycles. The van der Waals surface area contributed by atoms with Gasteiger partial charge in [-0.15, -0.1) is 11.3 Å². The summed E-state index contributed by atoms with van der Waals surface area (Å²) in [5.41, 5.74) is -0.841. The Morgan fingerprint density at radius 1 is 1.27 bits per heavy atom. The van der Waals surface area contributed by atoms with Gasteiger partial charge in [0.1, 0.15) is 5.78 Å². The number of carbonyl (C=O) groups excluding carboxylic acids is 2. The van der Waals surface area contributed by atoms with Crippen molar-refractivity contribution in [1.82, 2.24) is 0 Å². The van der Waals surface area contributed by atoms with E-state index in [4.69, 9.17) is 16.3 Å². The third kappa shape index (κ3) is 7.53. The number of halogens is 1. The molecule has 1 fully saturated rings. The summed E-state index contributed by atoms with van der Waals surface area (Å²) in [5, 5.41) is 23.3. The second kappa shape index (κ2) is 13.7. The standard InChI is InChI=1S/C30H39ClO5S/c1-4-19-36-26(33)14-8-6-5-7-11-21-22(29(35)30(2,3)28(21)34)17-15-20(32)16-18-25-27(31)23-12-9-10-13-24(23)37-25/h5,7,9-10,12-13,15,17,20-22,29,32,35H,4,6,8,11,14,16,18-19H2,1-3H3/b7-5?,17-15+/t20-,21+,22+,29-/m0/s1. The van der Waals surface area contributed by atoms with Crippen LogP contribution in [0.25, 0.3) is 10.1 Å². The largest absolute Gasteiger partial charge is 0.466 e. The molecule has 37 heavy (non-hydrogen) atoms. The number of unbranched alkanes of at least 4 members (excludes halogenated alkanes) is 1. The molecule has 2 N–H and O–H groups in total. The molecule has 0 amide bonds. The summed E-state index contributed by atoms with van der Waals surface area (Å²) < 4.78 is 6.21. The minimum absolute atomic E-state index is 0.0361. The molecule has 2 aromatic rings. The molecule has 1 aromatic heterocycles. The Labute approximate surface area is 229 Å². The molecule has 202 valence electrons. The number of aliphatic hydroxyl groups excluding tert-OH is 2. The smallest absolute Gasteiger partial charge is 0.305 e. The predicted molar refractivity (Wildman–Crippen MR) is 151 cm³/mol. The SMILES string of the molecule is CCCOC(=O)CCCC=CC[C@H]1C(=O)C(C)(C)[C@@H](O)[C@@H]1/C=C/[C@H](O)CCc1sc2ccccc2c1Cl. The molecule has 1 aliphatic carbocycles. The molecule has 1 aliphatic rings. The van der Waals surface area contributed by atoms with E-state index in [1.165, 1.54) is 0 Å². The first-order valence-electron chi connectivity index (χ1n) is 13.2. The van der Waals surface area contributed by atoms with Crippen molar-refractivity contribution in [2.24, 2.45) is 17.3 Å². The van der Waals surface area contributed by atoms with Gasteiger partial charge in [-0.05, 0) is 44.6 Å². The lowest BCUT2D eigenvalue weighted by Crippen LogP contribution is -2.31. The van der Waals surface area contributed by atoms with Crippen molar-refractivity contribution >= 4 is 44.8 Å². The van der Waals surface area contributed by atoms with E-state index in [2.05, 4.69) is 0 Å². The number of allylic oxidation sites excluding steroid dienone is 2. The lowest BCUT2D eigenvalue weighted by Gasteiger charge is -2.22. The van der Waals surface area contributed by atoms with Crippen LogP contribution in [0, 0.1) is 17.3 Å². The van der Waals surface area contributed by atoms with E-state index in [0.29, 0.717) is 38.7 Å². The maximum Gasteiger partial charge on any atom is 0.305 e. The Kier molecular flexibility index (Phi) is 10.9. The van der Waals surface area contributed by atoms with Crippen molar-refractivity contribution in [2.45, 2.75) is 77.9 Å². The number of rotatable bonds is 13. The van der Waals surface area contributed by atoms with Crippen molar-refractivity contribution in [3.05, 3.63) is 58.5 Å². The number of thiophene rings is 1. The van der Waals surface area contributed by atoms with E-state index in [1.54, 1.807) is 31.3 Å². The van der Waals surface area contributed by atoms with Crippen molar-refractivity contribution < 1.29 is 24.5 Å². The van der Waals surface area contributed by atoms with E-state index in [0.717, 1.165) is 32.8 Å². The first kappa shape index (κ1) is 29.6. The number of ether oxygens (including phenoxy) is 1. The Bertz CT molecular complexity index is 1120. The first-order valence-corrected chi connectivity index (χ1v) is 14.4. The van der Waals surface area contributed by atoms with E-state index < -0.39 is 17.6 Å². The molecule has 1 saturated carbocycles. The van der Waals surface area contributed by atoms with Crippen molar-refractivity contribution in [2.75, 3.05) is 6.61 Å². The van der Waals surface area contributed by atoms with Crippen LogP contribution in [0.1, 0.15) is 64.2 Å². The van der Waals surface area contributed by atoms with Crippen LogP contribution in [0.5, 0.6) is 0 Å². The number of aliphatic hydroxyl groups is 2. The molecular weight excluding hydrogens is 508 g/mol. The number of ketones is 1. The third-order valence-corrected chi connectivity index (χ3v) is 8.91. The minimum Gasteiger partial charge on any atom is -0.466 e. The molecule has 4 atom stereocenters. The molecular formula is C30H39ClO5S. The van der Waals surface area contributed by atoms with Crippen LogP contribution in [0.4, 0.5) is 0 Å². The zero-order valence-electron chi connectivity index (χ0n) is 22.0. The summed E-state index contributed by atoms with van der Waals surface area (Å²) in [5.74, 6) is -0.853. The van der Waals surface area contributed by atoms with Crippen molar-refractivity contribution in [3.8, 4) is 0 Å². The Balaban J connectivity index is 1.55. The lowest BCUT2D eigenvalue weighted by atomic mass is 9.86. The lowest BCUT2D eigenvalue weighted by molar-refractivity contribution is -0.143. The highest BCUT2D eigenvalue weighted by Gasteiger charge is 2.52. The van der Waals surface area contributed by atoms with Crippen LogP contribution >= 0.6 is 22.9 Å². The molecule has 0 bridgehead atoms. The predicted octanol–water partition coefficient (Wildman–Crippen LogP) is 6.68. The van der Waals surface area contributed by atoms with Gasteiger partial charge in [0.05, 0.1) is 29.3 Å². The van der Waals surface area contributed by atoms with Crippen molar-refractivity contribution in [1.29, 1.82) is 0 Å². The van der Waals surface area contributed by atoms with E-state index in [1.807, 2.05) is 49.4 Å². The Morgan fingerprint density at radius 2 is 2.03 bits per heavy atom. The summed E-state index contributed by atoms with van der Waals surface area (Å²) in [6, 6.07) is 8.00. The molecule has 3 rings (SSSR count). The molecule has 0 radical (unpaired) electrons. The van der Waals surface area contributed by atoms with Crippen molar-refractivity contribution in [3.63, 3.8) is 0 Å². The van der Waals surface area contributed by atoms with Crippen LogP contribution in [0.3, 0.4) is 0 Å². The second-order valence-electron chi connectivity index (χ2n) is 10.4. The quantitative estimate of drug-likeness (QED) is 0.166. The van der Waals surface area contributed by atoms with E-state index in [9.17, 15) is 19.8 Å². The number of carbonyl (C=O) groups is 2. The van der Waals surface area contributed by atoms with Gasteiger partial charge in [0, 0.05) is 33.2 Å². The molecule has 1 heterocycles. The van der Waals surface area contributed by atoms with Gasteiger partial charge in [-0.3, -0.25) is 9.59 Å². The summed E-state index contributed by atoms with van der Waals surface area (Å²) in [7, 11) is 0. The molecule has 7 heteroatoms. The highest BCUT2D eigenvalue weighted by molar-refractivity contribution is 7.19. The minimum atomic E-state index is -0.841. The van der Waals surface area contributed by atoms with Crippen LogP contribution in [0.2, 0.25) is 5.02 Å². The molecule has 1 aromatic carbocycles. The Morgan fingerprint density at radius 3 is 2.76 bits per heavy atom. The van der Waals surface area contributed by atoms with Gasteiger partial charge in [0.15, 0.2) is 0 Å². The van der Waals surface area contributed by atoms with Gasteiger partial charge in [-0.2, -0.15) is 0 Å². The monoisotopic (exact) mass is 546 g/mol. The number of benzene rings is 1. The third-order valence-electron chi connectivity index (χ3n) is 7.14. The average molecular weight is 547 g/mol. The molecule has 0 aliphatic heterocycles. The molecule has 0 spiro atoms. The van der Waals surface area contributed by atoms with E-state index >= 15 is 0 Å². The first-order chi connectivity index (χ1) is 17.7. The molecule has 5 nitrogen and oxygen atoms in total. The van der Waals surface area contributed by atoms with Gasteiger partial charge >= 0.3 is 5.97 Å². The van der Waals surface area contributed by atoms with Crippen LogP contribution in [0.15, 0.2) is 48.6 Å². The summed E-state index contributed by atoms with van der Waals surface area (Å²) >= 11 is 8.18. The maximum atomic E-state index is 13.1. The fourth-order valence-corrected chi connectivity index (χ4v) is 6.42. The number of hydrogen-bond donors (Lipinski definition) is 2. The average Bonchev–Trinajstić information content (AvgIpc) is 3.28. The zero-order valence-corrected chi connectivity index (χ0v) is 23.6. The number of aryl methyl sites for hydroxylation is 1. The van der Waals surface area contributed by atoms with Gasteiger partial charge in [-0.1, -0.05) is 74.9 Å². The van der Waals surface area contributed by atoms with Crippen LogP contribution < -0.4 is 0 Å². The van der Waals surface area contributed by atoms with Crippen LogP contribution in [-0.4, -0.2) is 40.8 Å². The number of esters is 1. The molecule has 0 unspecified atom stereocenters. The second-order valence-corrected chi connectivity index (χ2v) is 11.9. The van der Waals surface area contributed by atoms with Gasteiger partial charge in [0.2, 0.25) is 0 Å². The highest BCUT2D eigenvalue weighted by atomic mass is 35.5. The number of fused-ring (bicyclic) bond motifs is 1. The fraction of sp³-hybridized carbons (Fsp3) is 0.533. The van der Waals surface area contributed by atoms with Gasteiger partial charge in [-0.25, -0.2) is 0 Å². The van der Waals surface area contributed by atoms with Crippen LogP contribution in [-0.2, 0) is 20.7 Å². The normalized spacial score (nSPS) is 22.4. The maximum absolute atomic E-state index is 13.1. The summed E-state index contributed by atoms with van der Waals surface area (Å²) in [4.78, 5) is 25.7. The van der Waals surface area contributed by atoms with Gasteiger partial charge in [0.25, 0.3) is 0 Å². The number of Topliss-reactive ketones (excluding diaryl/α,β-unsaturated/α-hetero) is 1. The zero-order chi connectivity index (χ0) is 27.0. The summed E-state index contributed by atoms with van der Waals surface area (Å²) in [6.45, 7) is 5.99. The summed E-state index contributed by atoms with van der Waals surface area (Å²) in [6.07, 6.45) is 10.3. The topological polar surface area (TPSA) is 83.8 Å². The number of hydrogen-bond acceptors (Lipinski definition) is 6. The highest BCUT2D eigenvalue weighted by Crippen LogP contribution is 2.45. The fourth-order valence-electron chi connectivity index (χ4n) is 4.87. The van der Waals surface area contributed by atoms with E-state index in [-0.39, 0.29) is 23.6 Å². The Hall–Kier alpha value is -1.99.